The quantitative estimate of drug-likeness (QED) is 0.463. The van der Waals surface area contributed by atoms with Crippen LogP contribution >= 0.6 is 0 Å². The molecule has 1 N–H and O–H groups in total. The van der Waals surface area contributed by atoms with Crippen LogP contribution in [-0.4, -0.2) is 37.4 Å². The molecule has 10 heteroatoms. The van der Waals surface area contributed by atoms with Crippen LogP contribution < -0.4 is 14.2 Å². The van der Waals surface area contributed by atoms with Gasteiger partial charge in [0, 0.05) is 5.39 Å². The Balaban J connectivity index is 1.88. The standard InChI is InChI=1S/C23H21N5O4S/c1-14-8-9-18(31-3)20(10-14)33(29,30)27-23-16(12-24)13-25-28(23)21-11-15(2)17-6-5-7-19(32-4)22(17)26-21/h5-11,13,27H,1-4H3. The highest BCUT2D eigenvalue weighted by Crippen LogP contribution is 2.31. The molecule has 0 spiro atoms. The van der Waals surface area contributed by atoms with Crippen molar-refractivity contribution in [2.24, 2.45) is 0 Å². The summed E-state index contributed by atoms with van der Waals surface area (Å²) in [7, 11) is -1.17. The maximum atomic E-state index is 13.3. The maximum absolute atomic E-state index is 13.3. The van der Waals surface area contributed by atoms with Gasteiger partial charge in [-0.2, -0.15) is 15.0 Å². The number of methoxy groups -OCH3 is 2. The number of para-hydroxylation sites is 1. The molecule has 0 amide bonds. The van der Waals surface area contributed by atoms with Gasteiger partial charge in [0.1, 0.15) is 33.5 Å². The molecule has 33 heavy (non-hydrogen) atoms. The van der Waals surface area contributed by atoms with Gasteiger partial charge in [0.25, 0.3) is 10.0 Å². The van der Waals surface area contributed by atoms with Crippen molar-refractivity contribution in [2.75, 3.05) is 18.9 Å². The molecule has 0 fully saturated rings. The van der Waals surface area contributed by atoms with Crippen molar-refractivity contribution >= 4 is 26.7 Å². The second-order valence-corrected chi connectivity index (χ2v) is 8.99. The zero-order chi connectivity index (χ0) is 23.8. The fourth-order valence-corrected chi connectivity index (χ4v) is 4.84. The van der Waals surface area contributed by atoms with E-state index in [1.807, 2.05) is 25.1 Å². The molecule has 0 aliphatic rings. The third-order valence-corrected chi connectivity index (χ3v) is 6.52. The van der Waals surface area contributed by atoms with Gasteiger partial charge in [0.2, 0.25) is 0 Å². The van der Waals surface area contributed by atoms with Crippen molar-refractivity contribution in [1.82, 2.24) is 14.8 Å². The molecule has 9 nitrogen and oxygen atoms in total. The normalized spacial score (nSPS) is 11.2. The Labute approximate surface area is 191 Å². The summed E-state index contributed by atoms with van der Waals surface area (Å²) in [6, 6.07) is 14.1. The summed E-state index contributed by atoms with van der Waals surface area (Å²) >= 11 is 0. The first-order chi connectivity index (χ1) is 15.8. The molecule has 4 rings (SSSR count). The molecular weight excluding hydrogens is 442 g/mol. The maximum Gasteiger partial charge on any atom is 0.266 e. The lowest BCUT2D eigenvalue weighted by atomic mass is 10.1. The molecule has 2 heterocycles. The molecule has 2 aromatic heterocycles. The Bertz CT molecular complexity index is 1520. The largest absolute Gasteiger partial charge is 0.495 e. The monoisotopic (exact) mass is 463 g/mol. The van der Waals surface area contributed by atoms with Crippen LogP contribution in [0.25, 0.3) is 16.7 Å². The summed E-state index contributed by atoms with van der Waals surface area (Å²) in [6.45, 7) is 3.68. The van der Waals surface area contributed by atoms with Crippen molar-refractivity contribution < 1.29 is 17.9 Å². The predicted octanol–water partition coefficient (Wildman–Crippen LogP) is 3.73. The number of aryl methyl sites for hydroxylation is 2. The van der Waals surface area contributed by atoms with E-state index in [0.29, 0.717) is 17.1 Å². The van der Waals surface area contributed by atoms with Crippen molar-refractivity contribution in [3.05, 3.63) is 65.4 Å². The van der Waals surface area contributed by atoms with Crippen LogP contribution in [0.1, 0.15) is 16.7 Å². The van der Waals surface area contributed by atoms with E-state index < -0.39 is 10.0 Å². The number of sulfonamides is 1. The summed E-state index contributed by atoms with van der Waals surface area (Å²) in [6.07, 6.45) is 1.29. The number of pyridine rings is 1. The van der Waals surface area contributed by atoms with Crippen LogP contribution in [-0.2, 0) is 10.0 Å². The minimum Gasteiger partial charge on any atom is -0.495 e. The van der Waals surface area contributed by atoms with E-state index in [1.54, 1.807) is 38.3 Å². The van der Waals surface area contributed by atoms with E-state index in [1.165, 1.54) is 24.1 Å². The van der Waals surface area contributed by atoms with E-state index in [4.69, 9.17) is 9.47 Å². The number of hydrogen-bond acceptors (Lipinski definition) is 7. The Kier molecular flexibility index (Phi) is 5.66. The number of hydrogen-bond donors (Lipinski definition) is 1. The number of benzene rings is 2. The molecule has 0 saturated heterocycles. The van der Waals surface area contributed by atoms with E-state index in [0.717, 1.165) is 16.5 Å². The van der Waals surface area contributed by atoms with E-state index in [-0.39, 0.29) is 22.0 Å². The van der Waals surface area contributed by atoms with E-state index in [9.17, 15) is 13.7 Å². The number of fused-ring (bicyclic) bond motifs is 1. The zero-order valence-electron chi connectivity index (χ0n) is 18.4. The van der Waals surface area contributed by atoms with Crippen LogP contribution in [0.4, 0.5) is 5.82 Å². The SMILES string of the molecule is COc1ccc(C)cc1S(=O)(=O)Nc1c(C#N)cnn1-c1cc(C)c2cccc(OC)c2n1. The average molecular weight is 464 g/mol. The third-order valence-electron chi connectivity index (χ3n) is 5.16. The Morgan fingerprint density at radius 3 is 2.52 bits per heavy atom. The lowest BCUT2D eigenvalue weighted by Gasteiger charge is -2.15. The highest BCUT2D eigenvalue weighted by Gasteiger charge is 2.25. The Morgan fingerprint density at radius 1 is 1.06 bits per heavy atom. The lowest BCUT2D eigenvalue weighted by molar-refractivity contribution is 0.402. The van der Waals surface area contributed by atoms with Crippen molar-refractivity contribution in [3.63, 3.8) is 0 Å². The van der Waals surface area contributed by atoms with E-state index in [2.05, 4.69) is 14.8 Å². The number of nitrogens with one attached hydrogen (secondary N) is 1. The average Bonchev–Trinajstić information content (AvgIpc) is 3.20. The first-order valence-corrected chi connectivity index (χ1v) is 11.4. The number of anilines is 1. The second-order valence-electron chi connectivity index (χ2n) is 7.34. The van der Waals surface area contributed by atoms with Gasteiger partial charge in [-0.1, -0.05) is 18.2 Å². The smallest absolute Gasteiger partial charge is 0.266 e. The summed E-state index contributed by atoms with van der Waals surface area (Å²) in [5.74, 6) is 1.06. The fraction of sp³-hybridized carbons (Fsp3) is 0.174. The highest BCUT2D eigenvalue weighted by molar-refractivity contribution is 7.92. The minimum absolute atomic E-state index is 0.0257. The number of aromatic nitrogens is 3. The lowest BCUT2D eigenvalue weighted by Crippen LogP contribution is -2.18. The Hall–Kier alpha value is -4.10. The molecule has 0 saturated carbocycles. The van der Waals surface area contributed by atoms with Crippen LogP contribution in [0, 0.1) is 25.2 Å². The van der Waals surface area contributed by atoms with Gasteiger partial charge >= 0.3 is 0 Å². The Morgan fingerprint density at radius 2 is 1.82 bits per heavy atom. The molecule has 168 valence electrons. The number of nitrogens with zero attached hydrogens (tertiary/aromatic N) is 4. The van der Waals surface area contributed by atoms with Gasteiger partial charge < -0.3 is 9.47 Å². The number of ether oxygens (including phenoxy) is 2. The zero-order valence-corrected chi connectivity index (χ0v) is 19.3. The summed E-state index contributed by atoms with van der Waals surface area (Å²) in [5, 5.41) is 14.7. The summed E-state index contributed by atoms with van der Waals surface area (Å²) in [5.41, 5.74) is 2.27. The van der Waals surface area contributed by atoms with Crippen LogP contribution in [0.15, 0.2) is 53.6 Å². The second kappa shape index (κ2) is 8.44. The molecule has 0 radical (unpaired) electrons. The third kappa shape index (κ3) is 3.94. The van der Waals surface area contributed by atoms with Crippen molar-refractivity contribution in [2.45, 2.75) is 18.7 Å². The fourth-order valence-electron chi connectivity index (χ4n) is 3.53. The van der Waals surface area contributed by atoms with Crippen LogP contribution in [0.2, 0.25) is 0 Å². The first-order valence-electron chi connectivity index (χ1n) is 9.89. The summed E-state index contributed by atoms with van der Waals surface area (Å²) < 4.78 is 41.0. The molecule has 0 aliphatic heterocycles. The number of rotatable bonds is 6. The molecule has 2 aromatic carbocycles. The topological polar surface area (TPSA) is 119 Å². The van der Waals surface area contributed by atoms with Gasteiger partial charge in [0.05, 0.1) is 20.4 Å². The molecular formula is C23H21N5O4S. The van der Waals surface area contributed by atoms with Gasteiger partial charge in [-0.3, -0.25) is 4.72 Å². The van der Waals surface area contributed by atoms with Gasteiger partial charge in [-0.25, -0.2) is 13.4 Å². The van der Waals surface area contributed by atoms with Crippen molar-refractivity contribution in [1.29, 1.82) is 5.26 Å². The number of nitriles is 1. The van der Waals surface area contributed by atoms with E-state index >= 15 is 0 Å². The minimum atomic E-state index is -4.12. The van der Waals surface area contributed by atoms with Gasteiger partial charge in [-0.05, 0) is 49.2 Å². The summed E-state index contributed by atoms with van der Waals surface area (Å²) in [4.78, 5) is 4.59. The molecule has 0 aliphatic carbocycles. The van der Waals surface area contributed by atoms with Crippen LogP contribution in [0.5, 0.6) is 11.5 Å². The predicted molar refractivity (Wildman–Crippen MR) is 123 cm³/mol. The first kappa shape index (κ1) is 22.1. The molecule has 0 bridgehead atoms. The van der Waals surface area contributed by atoms with Gasteiger partial charge in [0.15, 0.2) is 11.6 Å². The molecule has 0 atom stereocenters. The molecule has 4 aromatic rings. The molecule has 0 unspecified atom stereocenters. The van der Waals surface area contributed by atoms with Crippen molar-refractivity contribution in [3.8, 4) is 23.4 Å². The van der Waals surface area contributed by atoms with Crippen LogP contribution in [0.3, 0.4) is 0 Å². The van der Waals surface area contributed by atoms with Gasteiger partial charge in [-0.15, -0.1) is 0 Å². The highest BCUT2D eigenvalue weighted by atomic mass is 32.2.